The number of fused-ring (bicyclic) bond motifs is 2. The van der Waals surface area contributed by atoms with Crippen molar-refractivity contribution in [3.05, 3.63) is 146 Å². The van der Waals surface area contributed by atoms with Crippen LogP contribution in [0.5, 0.6) is 0 Å². The maximum absolute atomic E-state index is 3.16. The van der Waals surface area contributed by atoms with E-state index in [0.29, 0.717) is 0 Å². The van der Waals surface area contributed by atoms with Crippen molar-refractivity contribution in [2.24, 2.45) is 11.8 Å². The van der Waals surface area contributed by atoms with E-state index in [9.17, 15) is 0 Å². The Kier molecular flexibility index (Phi) is 11.7. The van der Waals surface area contributed by atoms with Gasteiger partial charge < -0.3 is 0 Å². The van der Waals surface area contributed by atoms with Gasteiger partial charge in [0.25, 0.3) is 0 Å². The van der Waals surface area contributed by atoms with Gasteiger partial charge in [0.2, 0.25) is 0 Å². The third-order valence-corrected chi connectivity index (χ3v) is 13.7. The predicted octanol–water partition coefficient (Wildman–Crippen LogP) is 8.25. The van der Waals surface area contributed by atoms with Crippen LogP contribution in [-0.2, 0) is 17.8 Å². The topological polar surface area (TPSA) is 0 Å². The van der Waals surface area contributed by atoms with Crippen LogP contribution >= 0.6 is 14.2 Å². The van der Waals surface area contributed by atoms with Gasteiger partial charge in [-0.1, -0.05) is 98.8 Å². The molecule has 4 aromatic rings. The summed E-state index contributed by atoms with van der Waals surface area (Å²) < 4.78 is 0. The Morgan fingerprint density at radius 2 is 0.895 bits per heavy atom. The summed E-state index contributed by atoms with van der Waals surface area (Å²) >= 11 is 3.16. The number of allylic oxidation sites excluding steroid dienone is 4. The van der Waals surface area contributed by atoms with Gasteiger partial charge in [-0.05, 0) is 48.9 Å². The zero-order valence-corrected chi connectivity index (χ0v) is 25.7. The average Bonchev–Trinajstić information content (AvgIpc) is 3.66. The van der Waals surface area contributed by atoms with Crippen LogP contribution in [0, 0.1) is 11.8 Å². The van der Waals surface area contributed by atoms with Crippen molar-refractivity contribution in [3.8, 4) is 0 Å². The molecule has 0 saturated heterocycles. The third-order valence-electron chi connectivity index (χ3n) is 6.80. The standard InChI is InChI=1S/C16H19P.C12H10P.C7H8.Rh/c1-3-14(2)17(15-10-6-4-7-11-15)16-12-8-5-9-13-16;1-3-7-11(8-4-1)13-12-9-5-2-6-10-12;1-2-7-4-3-6(1)5-7;/h4-14H,3H2,1-2H3;1-10H;1-4,6-7H,5H2;/q;-1;;+1. The summed E-state index contributed by atoms with van der Waals surface area (Å²) in [5.41, 5.74) is 0.731. The summed E-state index contributed by atoms with van der Waals surface area (Å²) in [6.45, 7) is 4.65. The molecule has 0 aromatic heterocycles. The number of rotatable bonds is 6. The minimum absolute atomic E-state index is 0.212. The van der Waals surface area contributed by atoms with Gasteiger partial charge in [0.05, 0.1) is 0 Å². The molecule has 3 heteroatoms. The molecule has 6 rings (SSSR count). The first-order chi connectivity index (χ1) is 18.7. The SMILES string of the molecule is C1=CC2C=CC1C2.CCC(C)P(c1ccccc1)c1ccccc1.[Rh][P](c1ccccc1)c1ccccc1. The van der Waals surface area contributed by atoms with E-state index in [4.69, 9.17) is 0 Å². The van der Waals surface area contributed by atoms with Crippen molar-refractivity contribution in [1.82, 2.24) is 0 Å². The fraction of sp³-hybridized carbons (Fsp3) is 0.200. The Labute approximate surface area is 242 Å². The second kappa shape index (κ2) is 15.4. The van der Waals surface area contributed by atoms with Crippen molar-refractivity contribution >= 4 is 35.4 Å². The van der Waals surface area contributed by atoms with Crippen molar-refractivity contribution in [3.63, 3.8) is 0 Å². The molecule has 0 heterocycles. The molecule has 2 aliphatic rings. The number of hydrogen-bond acceptors (Lipinski definition) is 0. The van der Waals surface area contributed by atoms with Crippen molar-refractivity contribution < 1.29 is 17.8 Å². The molecule has 196 valence electrons. The van der Waals surface area contributed by atoms with Gasteiger partial charge in [-0.2, -0.15) is 0 Å². The molecule has 38 heavy (non-hydrogen) atoms. The zero-order chi connectivity index (χ0) is 26.6. The fourth-order valence-corrected chi connectivity index (χ4v) is 9.87. The van der Waals surface area contributed by atoms with Crippen LogP contribution in [0.4, 0.5) is 0 Å². The van der Waals surface area contributed by atoms with E-state index < -0.39 is 0 Å². The Bertz CT molecular complexity index is 1150. The summed E-state index contributed by atoms with van der Waals surface area (Å²) in [6.07, 6.45) is 11.5. The fourth-order valence-electron chi connectivity index (χ4n) is 4.60. The first kappa shape index (κ1) is 28.8. The summed E-state index contributed by atoms with van der Waals surface area (Å²) in [6, 6.07) is 43.1. The van der Waals surface area contributed by atoms with Gasteiger partial charge in [0, 0.05) is 0 Å². The van der Waals surface area contributed by atoms with Crippen LogP contribution in [0.3, 0.4) is 0 Å². The van der Waals surface area contributed by atoms with E-state index in [1.807, 2.05) is 0 Å². The molecule has 0 N–H and O–H groups in total. The molecule has 0 aliphatic heterocycles. The molecule has 0 radical (unpaired) electrons. The van der Waals surface area contributed by atoms with Gasteiger partial charge >= 0.3 is 95.3 Å². The normalized spacial score (nSPS) is 17.5. The van der Waals surface area contributed by atoms with E-state index in [1.54, 1.807) is 0 Å². The molecule has 1 unspecified atom stereocenters. The second-order valence-electron chi connectivity index (χ2n) is 9.56. The molecule has 1 atom stereocenters. The van der Waals surface area contributed by atoms with Crippen LogP contribution in [0.25, 0.3) is 0 Å². The number of hydrogen-bond donors (Lipinski definition) is 0. The molecular weight excluding hydrogens is 585 g/mol. The monoisotopic (exact) mass is 622 g/mol. The molecule has 0 fully saturated rings. The van der Waals surface area contributed by atoms with Crippen molar-refractivity contribution in [1.29, 1.82) is 0 Å². The van der Waals surface area contributed by atoms with E-state index in [-0.39, 0.29) is 14.2 Å². The van der Waals surface area contributed by atoms with E-state index in [0.717, 1.165) is 17.5 Å². The third kappa shape index (κ3) is 8.42. The minimum atomic E-state index is -0.281. The molecule has 0 saturated carbocycles. The molecule has 2 bridgehead atoms. The van der Waals surface area contributed by atoms with Gasteiger partial charge in [-0.3, -0.25) is 0 Å². The summed E-state index contributed by atoms with van der Waals surface area (Å²) in [4.78, 5) is 0. The first-order valence-electron chi connectivity index (χ1n) is 13.5. The Morgan fingerprint density at radius 3 is 1.16 bits per heavy atom. The van der Waals surface area contributed by atoms with Gasteiger partial charge in [0.15, 0.2) is 0 Å². The second-order valence-corrected chi connectivity index (χ2v) is 16.0. The Balaban J connectivity index is 0.000000143. The predicted molar refractivity (Wildman–Crippen MR) is 168 cm³/mol. The quantitative estimate of drug-likeness (QED) is 0.115. The summed E-state index contributed by atoms with van der Waals surface area (Å²) in [7, 11) is -0.212. The molecular formula is C35H37P2Rh. The van der Waals surface area contributed by atoms with Gasteiger partial charge in [-0.15, -0.1) is 0 Å². The van der Waals surface area contributed by atoms with Crippen LogP contribution in [0.15, 0.2) is 146 Å². The average molecular weight is 623 g/mol. The van der Waals surface area contributed by atoms with E-state index in [2.05, 4.69) is 177 Å². The summed E-state index contributed by atoms with van der Waals surface area (Å²) in [5, 5.41) is 5.76. The van der Waals surface area contributed by atoms with Gasteiger partial charge in [-0.25, -0.2) is 0 Å². The van der Waals surface area contributed by atoms with Crippen LogP contribution in [-0.4, -0.2) is 5.66 Å². The van der Waals surface area contributed by atoms with E-state index >= 15 is 0 Å². The molecule has 4 aromatic carbocycles. The Morgan fingerprint density at radius 1 is 0.579 bits per heavy atom. The van der Waals surface area contributed by atoms with E-state index in [1.165, 1.54) is 34.1 Å². The summed E-state index contributed by atoms with van der Waals surface area (Å²) in [5.74, 6) is 1.62. The Hall–Kier alpha value is -2.16. The molecule has 0 amide bonds. The van der Waals surface area contributed by atoms with Gasteiger partial charge in [0.1, 0.15) is 0 Å². The maximum atomic E-state index is 3.16. The van der Waals surface area contributed by atoms with Crippen molar-refractivity contribution in [2.75, 3.05) is 0 Å². The van der Waals surface area contributed by atoms with Crippen LogP contribution in [0.2, 0.25) is 0 Å². The van der Waals surface area contributed by atoms with Crippen LogP contribution in [0.1, 0.15) is 26.7 Å². The molecule has 2 aliphatic carbocycles. The number of benzene rings is 4. The molecule has 0 spiro atoms. The first-order valence-corrected chi connectivity index (χ1v) is 18.3. The molecule has 0 nitrogen and oxygen atoms in total. The zero-order valence-electron chi connectivity index (χ0n) is 22.2. The van der Waals surface area contributed by atoms with Crippen molar-refractivity contribution in [2.45, 2.75) is 32.3 Å². The van der Waals surface area contributed by atoms with Crippen LogP contribution < -0.4 is 21.2 Å².